The largest absolute Gasteiger partial charge is 0.103 e. The summed E-state index contributed by atoms with van der Waals surface area (Å²) in [5.74, 6) is 0.575. The number of rotatable bonds is 3. The van der Waals surface area contributed by atoms with E-state index in [4.69, 9.17) is 0 Å². The normalized spacial score (nSPS) is 12.5. The smallest absolute Gasteiger partial charge is 0.0216 e. The van der Waals surface area contributed by atoms with E-state index in [-0.39, 0.29) is 0 Å². The molecule has 0 radical (unpaired) electrons. The van der Waals surface area contributed by atoms with Crippen molar-refractivity contribution in [3.8, 4) is 0 Å². The summed E-state index contributed by atoms with van der Waals surface area (Å²) in [6.07, 6.45) is 3.11. The topological polar surface area (TPSA) is 0 Å². The van der Waals surface area contributed by atoms with Gasteiger partial charge in [-0.3, -0.25) is 0 Å². The SMILES string of the molecule is C=CC(C)Cc1ccccc1C. The molecule has 0 heteroatoms. The molecule has 1 unspecified atom stereocenters. The van der Waals surface area contributed by atoms with Gasteiger partial charge in [0.15, 0.2) is 0 Å². The average molecular weight is 160 g/mol. The Balaban J connectivity index is 2.75. The molecule has 0 aliphatic rings. The second-order valence-corrected chi connectivity index (χ2v) is 3.34. The standard InChI is InChI=1S/C12H16/c1-4-10(2)9-12-8-6-5-7-11(12)3/h4-8,10H,1,9H2,2-3H3. The summed E-state index contributed by atoms with van der Waals surface area (Å²) in [7, 11) is 0. The fourth-order valence-corrected chi connectivity index (χ4v) is 1.27. The first-order valence-electron chi connectivity index (χ1n) is 4.41. The lowest BCUT2D eigenvalue weighted by Crippen LogP contribution is -1.97. The van der Waals surface area contributed by atoms with Gasteiger partial charge in [0.05, 0.1) is 0 Å². The van der Waals surface area contributed by atoms with E-state index in [9.17, 15) is 0 Å². The maximum absolute atomic E-state index is 3.79. The molecule has 1 aromatic carbocycles. The molecule has 0 saturated carbocycles. The van der Waals surface area contributed by atoms with Crippen molar-refractivity contribution in [2.75, 3.05) is 0 Å². The third-order valence-corrected chi connectivity index (χ3v) is 2.21. The summed E-state index contributed by atoms with van der Waals surface area (Å²) >= 11 is 0. The lowest BCUT2D eigenvalue weighted by atomic mass is 9.98. The van der Waals surface area contributed by atoms with Crippen molar-refractivity contribution in [1.29, 1.82) is 0 Å². The Labute approximate surface area is 74.9 Å². The van der Waals surface area contributed by atoms with Crippen molar-refractivity contribution in [3.05, 3.63) is 48.0 Å². The highest BCUT2D eigenvalue weighted by Crippen LogP contribution is 2.13. The average Bonchev–Trinajstić information content (AvgIpc) is 2.09. The van der Waals surface area contributed by atoms with Crippen LogP contribution in [0.4, 0.5) is 0 Å². The number of hydrogen-bond acceptors (Lipinski definition) is 0. The van der Waals surface area contributed by atoms with Crippen molar-refractivity contribution in [2.45, 2.75) is 20.3 Å². The predicted molar refractivity (Wildman–Crippen MR) is 54.2 cm³/mol. The summed E-state index contributed by atoms with van der Waals surface area (Å²) in [4.78, 5) is 0. The second-order valence-electron chi connectivity index (χ2n) is 3.34. The van der Waals surface area contributed by atoms with Crippen LogP contribution in [0.5, 0.6) is 0 Å². The molecule has 0 N–H and O–H groups in total. The van der Waals surface area contributed by atoms with Crippen LogP contribution >= 0.6 is 0 Å². The minimum atomic E-state index is 0.575. The molecule has 0 heterocycles. The van der Waals surface area contributed by atoms with E-state index in [1.54, 1.807) is 0 Å². The van der Waals surface area contributed by atoms with E-state index >= 15 is 0 Å². The van der Waals surface area contributed by atoms with Gasteiger partial charge in [-0.2, -0.15) is 0 Å². The summed E-state index contributed by atoms with van der Waals surface area (Å²) in [6, 6.07) is 8.52. The van der Waals surface area contributed by atoms with Gasteiger partial charge in [-0.1, -0.05) is 37.3 Å². The molecule has 1 atom stereocenters. The van der Waals surface area contributed by atoms with E-state index in [1.807, 2.05) is 6.08 Å². The molecule has 0 bridgehead atoms. The quantitative estimate of drug-likeness (QED) is 0.595. The minimum absolute atomic E-state index is 0.575. The summed E-state index contributed by atoms with van der Waals surface area (Å²) in [5.41, 5.74) is 2.82. The molecule has 0 fully saturated rings. The summed E-state index contributed by atoms with van der Waals surface area (Å²) in [6.45, 7) is 8.14. The molecule has 0 aliphatic heterocycles. The van der Waals surface area contributed by atoms with Crippen LogP contribution in [-0.2, 0) is 6.42 Å². The van der Waals surface area contributed by atoms with Crippen molar-refractivity contribution in [1.82, 2.24) is 0 Å². The Kier molecular flexibility index (Phi) is 3.09. The number of benzene rings is 1. The van der Waals surface area contributed by atoms with Crippen LogP contribution in [0.15, 0.2) is 36.9 Å². The predicted octanol–water partition coefficient (Wildman–Crippen LogP) is 3.36. The molecule has 0 nitrogen and oxygen atoms in total. The Bertz CT molecular complexity index is 260. The van der Waals surface area contributed by atoms with Crippen LogP contribution in [0, 0.1) is 12.8 Å². The Morgan fingerprint density at radius 2 is 2.08 bits per heavy atom. The van der Waals surface area contributed by atoms with Gasteiger partial charge in [0.2, 0.25) is 0 Å². The molecule has 64 valence electrons. The van der Waals surface area contributed by atoms with Gasteiger partial charge in [-0.15, -0.1) is 6.58 Å². The van der Waals surface area contributed by atoms with Crippen LogP contribution in [0.1, 0.15) is 18.1 Å². The number of aryl methyl sites for hydroxylation is 1. The molecule has 1 rings (SSSR count). The van der Waals surface area contributed by atoms with Crippen molar-refractivity contribution >= 4 is 0 Å². The van der Waals surface area contributed by atoms with Gasteiger partial charge < -0.3 is 0 Å². The van der Waals surface area contributed by atoms with E-state index in [0.717, 1.165) is 6.42 Å². The summed E-state index contributed by atoms with van der Waals surface area (Å²) < 4.78 is 0. The molecule has 0 saturated heterocycles. The van der Waals surface area contributed by atoms with Crippen LogP contribution in [0.2, 0.25) is 0 Å². The highest BCUT2D eigenvalue weighted by molar-refractivity contribution is 5.26. The fraction of sp³-hybridized carbons (Fsp3) is 0.333. The number of hydrogen-bond donors (Lipinski definition) is 0. The fourth-order valence-electron chi connectivity index (χ4n) is 1.27. The Morgan fingerprint density at radius 3 is 2.67 bits per heavy atom. The third kappa shape index (κ3) is 2.23. The molecule has 0 amide bonds. The van der Waals surface area contributed by atoms with Crippen molar-refractivity contribution in [2.24, 2.45) is 5.92 Å². The molecular formula is C12H16. The molecule has 0 aliphatic carbocycles. The molecule has 0 spiro atoms. The van der Waals surface area contributed by atoms with Gasteiger partial charge in [0.25, 0.3) is 0 Å². The zero-order valence-corrected chi connectivity index (χ0v) is 7.88. The molecule has 1 aromatic rings. The van der Waals surface area contributed by atoms with Gasteiger partial charge in [0, 0.05) is 0 Å². The Hall–Kier alpha value is -1.04. The zero-order chi connectivity index (χ0) is 8.97. The van der Waals surface area contributed by atoms with Crippen LogP contribution < -0.4 is 0 Å². The second kappa shape index (κ2) is 4.10. The first kappa shape index (κ1) is 9.05. The van der Waals surface area contributed by atoms with Gasteiger partial charge >= 0.3 is 0 Å². The Morgan fingerprint density at radius 1 is 1.42 bits per heavy atom. The zero-order valence-electron chi connectivity index (χ0n) is 7.88. The maximum Gasteiger partial charge on any atom is -0.0216 e. The minimum Gasteiger partial charge on any atom is -0.103 e. The third-order valence-electron chi connectivity index (χ3n) is 2.21. The van der Waals surface area contributed by atoms with E-state index in [2.05, 4.69) is 44.7 Å². The van der Waals surface area contributed by atoms with Gasteiger partial charge in [0.1, 0.15) is 0 Å². The van der Waals surface area contributed by atoms with E-state index < -0.39 is 0 Å². The number of allylic oxidation sites excluding steroid dienone is 1. The van der Waals surface area contributed by atoms with Crippen LogP contribution in [0.3, 0.4) is 0 Å². The first-order chi connectivity index (χ1) is 5.74. The highest BCUT2D eigenvalue weighted by atomic mass is 14.1. The lowest BCUT2D eigenvalue weighted by Gasteiger charge is -2.08. The molecule has 12 heavy (non-hydrogen) atoms. The van der Waals surface area contributed by atoms with Crippen molar-refractivity contribution in [3.63, 3.8) is 0 Å². The first-order valence-corrected chi connectivity index (χ1v) is 4.41. The van der Waals surface area contributed by atoms with Crippen LogP contribution in [0.25, 0.3) is 0 Å². The van der Waals surface area contributed by atoms with E-state index in [0.29, 0.717) is 5.92 Å². The maximum atomic E-state index is 3.79. The van der Waals surface area contributed by atoms with Crippen LogP contribution in [-0.4, -0.2) is 0 Å². The highest BCUT2D eigenvalue weighted by Gasteiger charge is 2.00. The van der Waals surface area contributed by atoms with Crippen molar-refractivity contribution < 1.29 is 0 Å². The lowest BCUT2D eigenvalue weighted by molar-refractivity contribution is 0.722. The molecular weight excluding hydrogens is 144 g/mol. The summed E-state index contributed by atoms with van der Waals surface area (Å²) in [5, 5.41) is 0. The monoisotopic (exact) mass is 160 g/mol. The van der Waals surface area contributed by atoms with Gasteiger partial charge in [-0.25, -0.2) is 0 Å². The molecule has 0 aromatic heterocycles. The van der Waals surface area contributed by atoms with Gasteiger partial charge in [-0.05, 0) is 30.4 Å². The van der Waals surface area contributed by atoms with E-state index in [1.165, 1.54) is 11.1 Å².